The Morgan fingerprint density at radius 1 is 1.07 bits per heavy atom. The molecule has 3 aliphatic rings. The van der Waals surface area contributed by atoms with Crippen LogP contribution in [0.4, 0.5) is 20.5 Å². The first-order valence-electron chi connectivity index (χ1n) is 13.4. The van der Waals surface area contributed by atoms with Gasteiger partial charge < -0.3 is 24.4 Å². The van der Waals surface area contributed by atoms with E-state index in [-0.39, 0.29) is 39.9 Å². The zero-order valence-corrected chi connectivity index (χ0v) is 22.0. The standard InChI is InChI=1S/C29H27F2N7O2/c1-3-18-21(30)6-7-22-24(18)19(12-23(39)33-22)26-25(31)27-20(13-32-26)28(38-14-16-4-5-17(15-38)40-16)35-29(34-27)37-10-8-36(2)9-11-37/h1,6-7,12-13,16-17H,4-5,8-11,14-15H2,2H3,(H,33,39)/t16-,17+. The Kier molecular flexibility index (Phi) is 5.91. The maximum Gasteiger partial charge on any atom is 0.249 e. The molecule has 1 aromatic carbocycles. The first-order valence-corrected chi connectivity index (χ1v) is 13.4. The summed E-state index contributed by atoms with van der Waals surface area (Å²) in [5.41, 5.74) is -0.185. The number of terminal acetylenes is 1. The van der Waals surface area contributed by atoms with Crippen LogP contribution in [0.15, 0.2) is 29.2 Å². The molecule has 4 aromatic rings. The second kappa shape index (κ2) is 9.50. The van der Waals surface area contributed by atoms with E-state index in [0.29, 0.717) is 48.8 Å². The van der Waals surface area contributed by atoms with Crippen molar-refractivity contribution in [2.24, 2.45) is 0 Å². The van der Waals surface area contributed by atoms with Gasteiger partial charge in [-0.25, -0.2) is 13.8 Å². The average molecular weight is 544 g/mol. The molecule has 1 N–H and O–H groups in total. The molecule has 7 rings (SSSR count). The van der Waals surface area contributed by atoms with Crippen molar-refractivity contribution in [2.75, 3.05) is 56.1 Å². The highest BCUT2D eigenvalue weighted by Crippen LogP contribution is 2.37. The van der Waals surface area contributed by atoms with Crippen molar-refractivity contribution in [3.05, 3.63) is 51.9 Å². The Labute approximate surface area is 228 Å². The van der Waals surface area contributed by atoms with Crippen LogP contribution in [0.3, 0.4) is 0 Å². The summed E-state index contributed by atoms with van der Waals surface area (Å²) in [5.74, 6) is 2.04. The van der Waals surface area contributed by atoms with Gasteiger partial charge in [0.05, 0.1) is 28.7 Å². The van der Waals surface area contributed by atoms with Gasteiger partial charge in [0.2, 0.25) is 11.5 Å². The summed E-state index contributed by atoms with van der Waals surface area (Å²) in [4.78, 5) is 35.7. The van der Waals surface area contributed by atoms with Crippen molar-refractivity contribution < 1.29 is 13.5 Å². The number of rotatable bonds is 3. The number of likely N-dealkylation sites (N-methyl/N-ethyl adjacent to an activating group) is 1. The average Bonchev–Trinajstić information content (AvgIpc) is 3.30. The van der Waals surface area contributed by atoms with Crippen molar-refractivity contribution in [3.63, 3.8) is 0 Å². The van der Waals surface area contributed by atoms with E-state index < -0.39 is 17.2 Å². The topological polar surface area (TPSA) is 90.5 Å². The molecule has 3 saturated heterocycles. The number of aromatic nitrogens is 4. The lowest BCUT2D eigenvalue weighted by Gasteiger charge is -2.35. The molecule has 2 bridgehead atoms. The molecule has 40 heavy (non-hydrogen) atoms. The second-order valence-electron chi connectivity index (χ2n) is 10.7. The van der Waals surface area contributed by atoms with Gasteiger partial charge in [-0.3, -0.25) is 9.78 Å². The van der Waals surface area contributed by atoms with Crippen LogP contribution in [0.2, 0.25) is 0 Å². The fourth-order valence-electron chi connectivity index (χ4n) is 6.06. The number of benzene rings is 1. The Balaban J connectivity index is 1.45. The zero-order valence-electron chi connectivity index (χ0n) is 22.0. The van der Waals surface area contributed by atoms with E-state index in [2.05, 4.69) is 37.6 Å². The predicted octanol–water partition coefficient (Wildman–Crippen LogP) is 2.91. The molecular weight excluding hydrogens is 516 g/mol. The Bertz CT molecular complexity index is 1750. The van der Waals surface area contributed by atoms with Crippen molar-refractivity contribution >= 4 is 33.6 Å². The number of aromatic amines is 1. The fraction of sp³-hybridized carbons (Fsp3) is 0.379. The molecule has 2 atom stereocenters. The van der Waals surface area contributed by atoms with Crippen molar-refractivity contribution in [3.8, 4) is 23.6 Å². The molecule has 204 valence electrons. The third-order valence-corrected chi connectivity index (χ3v) is 8.14. The summed E-state index contributed by atoms with van der Waals surface area (Å²) in [6, 6.07) is 3.79. The number of nitrogens with zero attached hydrogens (tertiary/aromatic N) is 6. The molecule has 0 spiro atoms. The number of nitrogens with one attached hydrogen (secondary N) is 1. The van der Waals surface area contributed by atoms with Gasteiger partial charge >= 0.3 is 0 Å². The molecule has 0 amide bonds. The van der Waals surface area contributed by atoms with Gasteiger partial charge in [0, 0.05) is 62.5 Å². The third kappa shape index (κ3) is 4.06. The number of ether oxygens (including phenoxy) is 1. The van der Waals surface area contributed by atoms with Crippen LogP contribution in [0.5, 0.6) is 0 Å². The third-order valence-electron chi connectivity index (χ3n) is 8.14. The monoisotopic (exact) mass is 543 g/mol. The zero-order chi connectivity index (χ0) is 27.5. The molecule has 11 heteroatoms. The highest BCUT2D eigenvalue weighted by molar-refractivity contribution is 6.00. The van der Waals surface area contributed by atoms with E-state index >= 15 is 4.39 Å². The maximum atomic E-state index is 16.6. The maximum absolute atomic E-state index is 16.6. The van der Waals surface area contributed by atoms with Gasteiger partial charge in [0.1, 0.15) is 22.8 Å². The second-order valence-corrected chi connectivity index (χ2v) is 10.7. The molecule has 6 heterocycles. The van der Waals surface area contributed by atoms with Crippen molar-refractivity contribution in [2.45, 2.75) is 25.0 Å². The summed E-state index contributed by atoms with van der Waals surface area (Å²) in [5, 5.41) is 0.684. The Hall–Kier alpha value is -4.14. The van der Waals surface area contributed by atoms with Gasteiger partial charge in [-0.15, -0.1) is 6.42 Å². The number of hydrogen-bond acceptors (Lipinski definition) is 8. The predicted molar refractivity (Wildman–Crippen MR) is 149 cm³/mol. The first kappa shape index (κ1) is 24.9. The minimum absolute atomic E-state index is 0.0738. The number of hydrogen-bond donors (Lipinski definition) is 1. The van der Waals surface area contributed by atoms with E-state index in [0.717, 1.165) is 25.9 Å². The molecule has 9 nitrogen and oxygen atoms in total. The number of halogens is 2. The van der Waals surface area contributed by atoms with Crippen molar-refractivity contribution in [1.82, 2.24) is 24.8 Å². The lowest BCUT2D eigenvalue weighted by atomic mass is 9.99. The fourth-order valence-corrected chi connectivity index (χ4v) is 6.06. The van der Waals surface area contributed by atoms with Crippen LogP contribution >= 0.6 is 0 Å². The molecule has 0 aliphatic carbocycles. The SMILES string of the molecule is C#Cc1c(F)ccc2[nH]c(=O)cc(-c3ncc4c(N5C[C@H]6CC[C@@H](C5)O6)nc(N5CCN(C)CC5)nc4c3F)c12. The number of piperazine rings is 1. The lowest BCUT2D eigenvalue weighted by Crippen LogP contribution is -2.46. The highest BCUT2D eigenvalue weighted by Gasteiger charge is 2.36. The lowest BCUT2D eigenvalue weighted by molar-refractivity contribution is 0.0303. The van der Waals surface area contributed by atoms with Crippen LogP contribution in [0.1, 0.15) is 18.4 Å². The van der Waals surface area contributed by atoms with Gasteiger partial charge in [-0.1, -0.05) is 5.92 Å². The van der Waals surface area contributed by atoms with Crippen LogP contribution in [0, 0.1) is 24.0 Å². The number of morpholine rings is 1. The van der Waals surface area contributed by atoms with E-state index in [1.807, 2.05) is 0 Å². The van der Waals surface area contributed by atoms with Gasteiger partial charge in [0.15, 0.2) is 5.82 Å². The summed E-state index contributed by atoms with van der Waals surface area (Å²) < 4.78 is 37.3. The van der Waals surface area contributed by atoms with E-state index in [4.69, 9.17) is 21.1 Å². The molecule has 3 aromatic heterocycles. The first-order chi connectivity index (χ1) is 19.4. The number of H-pyrrole nitrogens is 1. The van der Waals surface area contributed by atoms with E-state index in [1.165, 1.54) is 24.4 Å². The summed E-state index contributed by atoms with van der Waals surface area (Å²) >= 11 is 0. The summed E-state index contributed by atoms with van der Waals surface area (Å²) in [6.45, 7) is 4.39. The number of fused-ring (bicyclic) bond motifs is 4. The smallest absolute Gasteiger partial charge is 0.249 e. The van der Waals surface area contributed by atoms with E-state index in [1.54, 1.807) is 0 Å². The molecule has 3 aliphatic heterocycles. The molecule has 0 saturated carbocycles. The minimum atomic E-state index is -0.716. The summed E-state index contributed by atoms with van der Waals surface area (Å²) in [6.07, 6.45) is 9.34. The van der Waals surface area contributed by atoms with Crippen molar-refractivity contribution in [1.29, 1.82) is 0 Å². The molecule has 0 unspecified atom stereocenters. The van der Waals surface area contributed by atoms with Crippen LogP contribution < -0.4 is 15.4 Å². The highest BCUT2D eigenvalue weighted by atomic mass is 19.1. The minimum Gasteiger partial charge on any atom is -0.371 e. The molecule has 3 fully saturated rings. The largest absolute Gasteiger partial charge is 0.371 e. The Morgan fingerprint density at radius 2 is 1.82 bits per heavy atom. The molecule has 0 radical (unpaired) electrons. The van der Waals surface area contributed by atoms with Crippen LogP contribution in [-0.2, 0) is 4.74 Å². The van der Waals surface area contributed by atoms with Crippen LogP contribution in [0.25, 0.3) is 33.1 Å². The van der Waals surface area contributed by atoms with E-state index in [9.17, 15) is 9.18 Å². The van der Waals surface area contributed by atoms with Gasteiger partial charge in [-0.05, 0) is 32.0 Å². The number of pyridine rings is 2. The molecular formula is C29H27F2N7O2. The van der Waals surface area contributed by atoms with Crippen LogP contribution in [-0.4, -0.2) is 83.4 Å². The van der Waals surface area contributed by atoms with Gasteiger partial charge in [0.25, 0.3) is 0 Å². The Morgan fingerprint density at radius 3 is 2.55 bits per heavy atom. The number of anilines is 2. The normalized spacial score (nSPS) is 21.4. The van der Waals surface area contributed by atoms with Gasteiger partial charge in [-0.2, -0.15) is 4.98 Å². The summed E-state index contributed by atoms with van der Waals surface area (Å²) in [7, 11) is 2.06. The quantitative estimate of drug-likeness (QED) is 0.395.